The second-order valence-corrected chi connectivity index (χ2v) is 8.46. The Labute approximate surface area is 201 Å². The van der Waals surface area contributed by atoms with Gasteiger partial charge in [0.25, 0.3) is 5.91 Å². The summed E-state index contributed by atoms with van der Waals surface area (Å²) < 4.78 is 11.7. The van der Waals surface area contributed by atoms with Gasteiger partial charge in [0.15, 0.2) is 0 Å². The topological polar surface area (TPSA) is 80.9 Å². The molecule has 0 unspecified atom stereocenters. The first-order valence-electron chi connectivity index (χ1n) is 11.0. The Morgan fingerprint density at radius 2 is 1.76 bits per heavy atom. The number of benzene rings is 3. The largest absolute Gasteiger partial charge is 0.453 e. The molecule has 34 heavy (non-hydrogen) atoms. The fourth-order valence-electron chi connectivity index (χ4n) is 4.23. The summed E-state index contributed by atoms with van der Waals surface area (Å²) in [5.41, 5.74) is 4.97. The van der Waals surface area contributed by atoms with Crippen molar-refractivity contribution in [3.05, 3.63) is 100.0 Å². The molecule has 0 aliphatic heterocycles. The van der Waals surface area contributed by atoms with Crippen LogP contribution >= 0.6 is 11.6 Å². The minimum absolute atomic E-state index is 0.143. The van der Waals surface area contributed by atoms with Gasteiger partial charge < -0.3 is 9.15 Å². The summed E-state index contributed by atoms with van der Waals surface area (Å²) in [7, 11) is 0. The summed E-state index contributed by atoms with van der Waals surface area (Å²) >= 11 is 6.11. The Morgan fingerprint density at radius 1 is 1.00 bits per heavy atom. The van der Waals surface area contributed by atoms with E-state index in [2.05, 4.69) is 10.5 Å². The first-order valence-corrected chi connectivity index (χ1v) is 11.3. The van der Waals surface area contributed by atoms with E-state index in [9.17, 15) is 9.59 Å². The molecule has 0 bridgehead atoms. The van der Waals surface area contributed by atoms with Gasteiger partial charge in [-0.1, -0.05) is 60.1 Å². The molecule has 0 atom stereocenters. The van der Waals surface area contributed by atoms with Gasteiger partial charge in [-0.25, -0.2) is 10.2 Å². The van der Waals surface area contributed by atoms with Crippen LogP contribution in [0.5, 0.6) is 5.75 Å². The van der Waals surface area contributed by atoms with Crippen molar-refractivity contribution in [2.24, 2.45) is 5.10 Å². The van der Waals surface area contributed by atoms with E-state index < -0.39 is 11.9 Å². The van der Waals surface area contributed by atoms with Crippen molar-refractivity contribution in [2.45, 2.75) is 26.2 Å². The molecule has 3 aromatic carbocycles. The van der Waals surface area contributed by atoms with Crippen LogP contribution in [0.15, 0.2) is 76.2 Å². The predicted octanol–water partition coefficient (Wildman–Crippen LogP) is 6.08. The van der Waals surface area contributed by atoms with Crippen LogP contribution in [-0.4, -0.2) is 17.6 Å². The summed E-state index contributed by atoms with van der Waals surface area (Å²) in [6.45, 7) is 1.80. The minimum atomic E-state index is -0.567. The highest BCUT2D eigenvalue weighted by molar-refractivity contribution is 6.33. The highest BCUT2D eigenvalue weighted by Crippen LogP contribution is 2.32. The van der Waals surface area contributed by atoms with Gasteiger partial charge in [0.2, 0.25) is 5.76 Å². The molecule has 0 radical (unpaired) electrons. The van der Waals surface area contributed by atoms with Crippen LogP contribution in [0.2, 0.25) is 5.02 Å². The van der Waals surface area contributed by atoms with Crippen LogP contribution < -0.4 is 10.2 Å². The molecule has 1 amide bonds. The highest BCUT2D eigenvalue weighted by Gasteiger charge is 2.29. The molecule has 1 N–H and O–H groups in total. The predicted molar refractivity (Wildman–Crippen MR) is 131 cm³/mol. The monoisotopic (exact) mass is 472 g/mol. The van der Waals surface area contributed by atoms with Gasteiger partial charge in [-0.3, -0.25) is 4.79 Å². The molecule has 1 heterocycles. The maximum absolute atomic E-state index is 13.1. The van der Waals surface area contributed by atoms with E-state index in [4.69, 9.17) is 20.8 Å². The number of halogens is 1. The van der Waals surface area contributed by atoms with Gasteiger partial charge in [-0.05, 0) is 43.4 Å². The number of hydrazone groups is 1. The summed E-state index contributed by atoms with van der Waals surface area (Å²) in [5.74, 6) is 0.312. The molecule has 0 saturated carbocycles. The molecular formula is C27H21ClN2O4. The van der Waals surface area contributed by atoms with Crippen molar-refractivity contribution in [2.75, 3.05) is 0 Å². The quantitative estimate of drug-likeness (QED) is 0.221. The number of carbonyl (C=O) groups excluding carboxylic acids is 2. The smallest absolute Gasteiger partial charge is 0.379 e. The van der Waals surface area contributed by atoms with Gasteiger partial charge in [0.1, 0.15) is 11.5 Å². The number of hydrogen-bond donors (Lipinski definition) is 1. The average molecular weight is 473 g/mol. The van der Waals surface area contributed by atoms with E-state index >= 15 is 0 Å². The number of aryl methyl sites for hydroxylation is 1. The fourth-order valence-corrected chi connectivity index (χ4v) is 4.45. The number of amides is 1. The molecule has 0 saturated heterocycles. The molecule has 1 aromatic heterocycles. The Hall–Kier alpha value is -3.90. The Balaban J connectivity index is 1.42. The van der Waals surface area contributed by atoms with Gasteiger partial charge in [0.05, 0.1) is 16.3 Å². The van der Waals surface area contributed by atoms with Gasteiger partial charge in [0, 0.05) is 22.9 Å². The van der Waals surface area contributed by atoms with E-state index in [1.807, 2.05) is 36.4 Å². The number of furan rings is 1. The lowest BCUT2D eigenvalue weighted by Gasteiger charge is -2.13. The molecule has 1 aliphatic rings. The maximum atomic E-state index is 13.1. The van der Waals surface area contributed by atoms with Gasteiger partial charge in [-0.2, -0.15) is 5.10 Å². The van der Waals surface area contributed by atoms with Crippen LogP contribution in [0.1, 0.15) is 50.6 Å². The first kappa shape index (κ1) is 21.9. The molecule has 0 fully saturated rings. The number of rotatable bonds is 4. The third kappa shape index (κ3) is 4.08. The number of nitrogens with zero attached hydrogens (tertiary/aromatic N) is 1. The number of nitrogens with one attached hydrogen (secondary N) is 1. The number of carbonyl (C=O) groups is 2. The van der Waals surface area contributed by atoms with Crippen LogP contribution in [0.4, 0.5) is 0 Å². The van der Waals surface area contributed by atoms with E-state index in [1.165, 1.54) is 0 Å². The zero-order valence-corrected chi connectivity index (χ0v) is 19.2. The van der Waals surface area contributed by atoms with E-state index in [0.29, 0.717) is 46.2 Å². The Morgan fingerprint density at radius 3 is 2.62 bits per heavy atom. The Bertz CT molecular complexity index is 1450. The maximum Gasteiger partial charge on any atom is 0.379 e. The minimum Gasteiger partial charge on any atom is -0.453 e. The zero-order chi connectivity index (χ0) is 23.7. The molecule has 4 aromatic rings. The SMILES string of the molecule is Cc1c(C(=O)Oc2cccc3ccccc23)oc2c1/C(=N/NC(=O)c1ccccc1Cl)CCC2. The van der Waals surface area contributed by atoms with E-state index in [-0.39, 0.29) is 5.76 Å². The lowest BCUT2D eigenvalue weighted by atomic mass is 9.93. The molecule has 6 nitrogen and oxygen atoms in total. The number of esters is 1. The van der Waals surface area contributed by atoms with Gasteiger partial charge in [-0.15, -0.1) is 0 Å². The summed E-state index contributed by atoms with van der Waals surface area (Å²) in [5, 5.41) is 6.52. The normalized spacial score (nSPS) is 14.1. The van der Waals surface area contributed by atoms with Crippen LogP contribution in [0.25, 0.3) is 10.8 Å². The first-order chi connectivity index (χ1) is 16.5. The van der Waals surface area contributed by atoms with Crippen LogP contribution in [-0.2, 0) is 6.42 Å². The van der Waals surface area contributed by atoms with Crippen molar-refractivity contribution < 1.29 is 18.7 Å². The highest BCUT2D eigenvalue weighted by atomic mass is 35.5. The van der Waals surface area contributed by atoms with Crippen molar-refractivity contribution in [3.8, 4) is 5.75 Å². The van der Waals surface area contributed by atoms with Crippen LogP contribution in [0.3, 0.4) is 0 Å². The lowest BCUT2D eigenvalue weighted by molar-refractivity contribution is 0.0700. The molecule has 7 heteroatoms. The molecule has 170 valence electrons. The summed E-state index contributed by atoms with van der Waals surface area (Å²) in [4.78, 5) is 25.6. The number of ether oxygens (including phenoxy) is 1. The number of fused-ring (bicyclic) bond motifs is 2. The van der Waals surface area contributed by atoms with Crippen molar-refractivity contribution in [3.63, 3.8) is 0 Å². The third-order valence-electron chi connectivity index (χ3n) is 5.87. The molecule has 1 aliphatic carbocycles. The third-order valence-corrected chi connectivity index (χ3v) is 6.20. The van der Waals surface area contributed by atoms with Crippen molar-refractivity contribution >= 4 is 40.0 Å². The second kappa shape index (κ2) is 9.15. The average Bonchev–Trinajstić information content (AvgIpc) is 3.20. The van der Waals surface area contributed by atoms with Gasteiger partial charge >= 0.3 is 5.97 Å². The zero-order valence-electron chi connectivity index (χ0n) is 18.4. The van der Waals surface area contributed by atoms with Crippen molar-refractivity contribution in [1.82, 2.24) is 5.43 Å². The fraction of sp³-hybridized carbons (Fsp3) is 0.148. The molecular weight excluding hydrogens is 452 g/mol. The Kier molecular flexibility index (Phi) is 5.90. The second-order valence-electron chi connectivity index (χ2n) is 8.05. The summed E-state index contributed by atoms with van der Waals surface area (Å²) in [6, 6.07) is 20.0. The molecule has 5 rings (SSSR count). The standard InChI is InChI=1S/C27H21ClN2O4/c1-16-24-21(29-30-26(31)19-11-4-5-12-20(19)28)13-7-15-23(24)33-25(16)27(32)34-22-14-6-9-17-8-2-3-10-18(17)22/h2-6,8-12,14H,7,13,15H2,1H3,(H,30,31)/b29-21+. The van der Waals surface area contributed by atoms with Crippen LogP contribution in [0, 0.1) is 6.92 Å². The summed E-state index contributed by atoms with van der Waals surface area (Å²) in [6.07, 6.45) is 2.11. The lowest BCUT2D eigenvalue weighted by Crippen LogP contribution is -2.22. The molecule has 0 spiro atoms. The van der Waals surface area contributed by atoms with E-state index in [1.54, 1.807) is 37.3 Å². The number of hydrogen-bond acceptors (Lipinski definition) is 5. The van der Waals surface area contributed by atoms with Crippen molar-refractivity contribution in [1.29, 1.82) is 0 Å². The van der Waals surface area contributed by atoms with E-state index in [0.717, 1.165) is 22.8 Å².